The summed E-state index contributed by atoms with van der Waals surface area (Å²) in [4.78, 5) is 0. The zero-order valence-electron chi connectivity index (χ0n) is 15.0. The predicted octanol–water partition coefficient (Wildman–Crippen LogP) is 5.15. The molecule has 4 heteroatoms. The Bertz CT molecular complexity index is 596. The highest BCUT2D eigenvalue weighted by Gasteiger charge is 2.32. The number of nitriles is 1. The number of rotatable bonds is 5. The van der Waals surface area contributed by atoms with E-state index in [4.69, 9.17) is 14.7 Å². The molecule has 0 unspecified atom stereocenters. The second kappa shape index (κ2) is 8.78. The summed E-state index contributed by atoms with van der Waals surface area (Å²) in [5, 5.41) is 8.85. The van der Waals surface area contributed by atoms with Crippen molar-refractivity contribution < 1.29 is 13.9 Å². The highest BCUT2D eigenvalue weighted by atomic mass is 19.1. The zero-order chi connectivity index (χ0) is 17.6. The second-order valence-electron chi connectivity index (χ2n) is 7.51. The largest absolute Gasteiger partial charge is 0.352 e. The van der Waals surface area contributed by atoms with Gasteiger partial charge in [0.25, 0.3) is 0 Å². The monoisotopic (exact) mass is 345 g/mol. The van der Waals surface area contributed by atoms with Crippen LogP contribution in [-0.4, -0.2) is 19.5 Å². The van der Waals surface area contributed by atoms with Crippen LogP contribution in [0.5, 0.6) is 0 Å². The Labute approximate surface area is 150 Å². The van der Waals surface area contributed by atoms with Crippen LogP contribution in [0.25, 0.3) is 0 Å². The Balaban J connectivity index is 1.48. The van der Waals surface area contributed by atoms with Crippen molar-refractivity contribution in [2.24, 2.45) is 11.8 Å². The van der Waals surface area contributed by atoms with E-state index in [2.05, 4.69) is 6.92 Å². The molecular formula is C21H28FNO2. The molecule has 0 bridgehead atoms. The minimum Gasteiger partial charge on any atom is -0.352 e. The molecule has 0 radical (unpaired) electrons. The molecule has 25 heavy (non-hydrogen) atoms. The number of benzene rings is 1. The van der Waals surface area contributed by atoms with Crippen LogP contribution in [-0.2, 0) is 9.47 Å². The summed E-state index contributed by atoms with van der Waals surface area (Å²) >= 11 is 0. The van der Waals surface area contributed by atoms with Gasteiger partial charge in [-0.3, -0.25) is 0 Å². The lowest BCUT2D eigenvalue weighted by atomic mass is 9.78. The van der Waals surface area contributed by atoms with Gasteiger partial charge in [0.1, 0.15) is 11.9 Å². The normalized spacial score (nSPS) is 30.0. The Morgan fingerprint density at radius 2 is 1.88 bits per heavy atom. The van der Waals surface area contributed by atoms with Gasteiger partial charge in [0.15, 0.2) is 6.29 Å². The van der Waals surface area contributed by atoms with E-state index in [-0.39, 0.29) is 11.9 Å². The zero-order valence-corrected chi connectivity index (χ0v) is 15.0. The van der Waals surface area contributed by atoms with Gasteiger partial charge < -0.3 is 9.47 Å². The SMILES string of the molecule is CCCCC1COC([C@H]2CC[C@H](c3ccc(C#N)c(F)c3)CC2)OC1. The molecule has 1 aromatic rings. The van der Waals surface area contributed by atoms with Crippen LogP contribution in [0.15, 0.2) is 18.2 Å². The van der Waals surface area contributed by atoms with Gasteiger partial charge in [0, 0.05) is 11.8 Å². The van der Waals surface area contributed by atoms with E-state index in [1.165, 1.54) is 25.3 Å². The number of ether oxygens (including phenoxy) is 2. The van der Waals surface area contributed by atoms with Crippen LogP contribution < -0.4 is 0 Å². The molecule has 1 aromatic carbocycles. The Morgan fingerprint density at radius 3 is 2.48 bits per heavy atom. The van der Waals surface area contributed by atoms with Gasteiger partial charge in [-0.05, 0) is 55.7 Å². The standard InChI is InChI=1S/C21H28FNO2/c1-2-3-4-15-13-24-21(25-14-15)17-7-5-16(6-8-17)18-9-10-19(12-23)20(22)11-18/h9-11,15-17,21H,2-8,13-14H2,1H3/t15?,16-,17-,21?. The number of nitrogens with zero attached hydrogens (tertiary/aromatic N) is 1. The first-order valence-corrected chi connectivity index (χ1v) is 9.64. The molecule has 0 spiro atoms. The molecule has 136 valence electrons. The van der Waals surface area contributed by atoms with Gasteiger partial charge >= 0.3 is 0 Å². The van der Waals surface area contributed by atoms with E-state index >= 15 is 0 Å². The van der Waals surface area contributed by atoms with Crippen molar-refractivity contribution >= 4 is 0 Å². The maximum Gasteiger partial charge on any atom is 0.160 e. The minimum atomic E-state index is -0.404. The van der Waals surface area contributed by atoms with Gasteiger partial charge in [-0.25, -0.2) is 4.39 Å². The Hall–Kier alpha value is -1.44. The third kappa shape index (κ3) is 4.59. The van der Waals surface area contributed by atoms with Crippen LogP contribution >= 0.6 is 0 Å². The van der Waals surface area contributed by atoms with E-state index in [0.717, 1.165) is 44.5 Å². The number of hydrogen-bond acceptors (Lipinski definition) is 3. The fraction of sp³-hybridized carbons (Fsp3) is 0.667. The molecule has 2 fully saturated rings. The lowest BCUT2D eigenvalue weighted by Crippen LogP contribution is -2.38. The van der Waals surface area contributed by atoms with Crippen LogP contribution in [0.2, 0.25) is 0 Å². The highest BCUT2D eigenvalue weighted by Crippen LogP contribution is 2.39. The van der Waals surface area contributed by atoms with Crippen molar-refractivity contribution in [3.63, 3.8) is 0 Å². The van der Waals surface area contributed by atoms with E-state index in [1.807, 2.05) is 12.1 Å². The number of hydrogen-bond donors (Lipinski definition) is 0. The average Bonchev–Trinajstić information content (AvgIpc) is 2.67. The van der Waals surface area contributed by atoms with Gasteiger partial charge in [-0.1, -0.05) is 25.8 Å². The van der Waals surface area contributed by atoms with E-state index in [0.29, 0.717) is 17.8 Å². The molecule has 3 nitrogen and oxygen atoms in total. The highest BCUT2D eigenvalue weighted by molar-refractivity contribution is 5.34. The molecule has 1 aliphatic heterocycles. The predicted molar refractivity (Wildman–Crippen MR) is 94.5 cm³/mol. The molecule has 2 aliphatic rings. The molecule has 0 N–H and O–H groups in total. The molecule has 0 atom stereocenters. The lowest BCUT2D eigenvalue weighted by molar-refractivity contribution is -0.229. The van der Waals surface area contributed by atoms with Crippen molar-refractivity contribution in [2.75, 3.05) is 13.2 Å². The van der Waals surface area contributed by atoms with Crippen LogP contribution in [0.3, 0.4) is 0 Å². The summed E-state index contributed by atoms with van der Waals surface area (Å²) in [6, 6.07) is 6.92. The van der Waals surface area contributed by atoms with Crippen molar-refractivity contribution in [3.8, 4) is 6.07 Å². The lowest BCUT2D eigenvalue weighted by Gasteiger charge is -2.37. The summed E-state index contributed by atoms with van der Waals surface area (Å²) in [5.74, 6) is 0.972. The topological polar surface area (TPSA) is 42.2 Å². The fourth-order valence-electron chi connectivity index (χ4n) is 4.09. The maximum atomic E-state index is 13.8. The molecule has 1 saturated heterocycles. The number of halogens is 1. The summed E-state index contributed by atoms with van der Waals surface area (Å²) in [6.45, 7) is 3.86. The van der Waals surface area contributed by atoms with Gasteiger partial charge in [-0.15, -0.1) is 0 Å². The van der Waals surface area contributed by atoms with Gasteiger partial charge in [-0.2, -0.15) is 5.26 Å². The van der Waals surface area contributed by atoms with E-state index in [1.54, 1.807) is 6.07 Å². The smallest absolute Gasteiger partial charge is 0.160 e. The Morgan fingerprint density at radius 1 is 1.16 bits per heavy atom. The summed E-state index contributed by atoms with van der Waals surface area (Å²) in [6.07, 6.45) is 7.76. The minimum absolute atomic E-state index is 0.0588. The van der Waals surface area contributed by atoms with Gasteiger partial charge in [0.05, 0.1) is 18.8 Å². The van der Waals surface area contributed by atoms with Gasteiger partial charge in [0.2, 0.25) is 0 Å². The molecule has 0 aromatic heterocycles. The fourth-order valence-corrected chi connectivity index (χ4v) is 4.09. The van der Waals surface area contributed by atoms with Crippen molar-refractivity contribution in [2.45, 2.75) is 64.1 Å². The molecule has 1 saturated carbocycles. The average molecular weight is 345 g/mol. The summed E-state index contributed by atoms with van der Waals surface area (Å²) < 4.78 is 25.8. The molecule has 3 rings (SSSR count). The van der Waals surface area contributed by atoms with Crippen molar-refractivity contribution in [3.05, 3.63) is 35.1 Å². The quantitative estimate of drug-likeness (QED) is 0.741. The first-order valence-electron chi connectivity index (χ1n) is 9.64. The summed E-state index contributed by atoms with van der Waals surface area (Å²) in [7, 11) is 0. The second-order valence-corrected chi connectivity index (χ2v) is 7.51. The molecular weight excluding hydrogens is 317 g/mol. The number of unbranched alkanes of at least 4 members (excludes halogenated alkanes) is 1. The third-order valence-corrected chi connectivity index (χ3v) is 5.70. The van der Waals surface area contributed by atoms with Crippen molar-refractivity contribution in [1.29, 1.82) is 5.26 Å². The molecule has 0 amide bonds. The Kier molecular flexibility index (Phi) is 6.45. The maximum absolute atomic E-state index is 13.8. The molecule has 1 heterocycles. The first-order chi connectivity index (χ1) is 12.2. The van der Waals surface area contributed by atoms with E-state index in [9.17, 15) is 4.39 Å². The third-order valence-electron chi connectivity index (χ3n) is 5.70. The van der Waals surface area contributed by atoms with Crippen LogP contribution in [0, 0.1) is 29.0 Å². The van der Waals surface area contributed by atoms with Crippen LogP contribution in [0.1, 0.15) is 68.9 Å². The van der Waals surface area contributed by atoms with Crippen LogP contribution in [0.4, 0.5) is 4.39 Å². The summed E-state index contributed by atoms with van der Waals surface area (Å²) in [5.41, 5.74) is 1.14. The molecule has 1 aliphatic carbocycles. The van der Waals surface area contributed by atoms with Crippen molar-refractivity contribution in [1.82, 2.24) is 0 Å². The first kappa shape index (κ1) is 18.4. The van der Waals surface area contributed by atoms with E-state index < -0.39 is 5.82 Å².